The lowest BCUT2D eigenvalue weighted by Gasteiger charge is -2.39. The lowest BCUT2D eigenvalue weighted by Crippen LogP contribution is -2.45. The second-order valence-electron chi connectivity index (χ2n) is 16.7. The lowest BCUT2D eigenvalue weighted by atomic mass is 9.65. The summed E-state index contributed by atoms with van der Waals surface area (Å²) in [6.45, 7) is 22.0. The van der Waals surface area contributed by atoms with E-state index in [1.165, 1.54) is 55.6 Å². The van der Waals surface area contributed by atoms with Crippen molar-refractivity contribution < 1.29 is 14.0 Å². The zero-order valence-corrected chi connectivity index (χ0v) is 29.9. The average molecular weight is 622 g/mol. The molecule has 1 heterocycles. The van der Waals surface area contributed by atoms with Crippen LogP contribution in [0.3, 0.4) is 0 Å². The van der Waals surface area contributed by atoms with E-state index < -0.39 is 23.9 Å². The number of hydrogen-bond donors (Lipinski definition) is 0. The largest absolute Gasteiger partial charge is 0.640 e. The molecule has 7 rings (SSSR count). The standard InChI is InChI=1S/C42H48B2O3/c1-26(2)45-44-46-40(8,9)41(10,47-44)23-22-39(6,7)28-19-21-31-30-20-18-27(38(3,4)5)24-34(30)42(35(31)25-28)33-16-12-11-14-29(33)32-15-13-17-36(43)37(32)42/h11-21,24-26H,22-23H2,1-10H3. The van der Waals surface area contributed by atoms with Crippen LogP contribution in [-0.4, -0.2) is 32.5 Å². The molecule has 3 nitrogen and oxygen atoms in total. The smallest absolute Gasteiger partial charge is 0.384 e. The Labute approximate surface area is 284 Å². The molecule has 0 saturated carbocycles. The highest BCUT2D eigenvalue weighted by atomic mass is 16.8. The molecule has 1 saturated heterocycles. The minimum absolute atomic E-state index is 0.0104. The Balaban J connectivity index is 1.37. The monoisotopic (exact) mass is 622 g/mol. The van der Waals surface area contributed by atoms with E-state index in [2.05, 4.69) is 134 Å². The van der Waals surface area contributed by atoms with Crippen molar-refractivity contribution in [2.75, 3.05) is 0 Å². The first kappa shape index (κ1) is 32.4. The molecule has 4 aromatic carbocycles. The van der Waals surface area contributed by atoms with Crippen molar-refractivity contribution in [1.82, 2.24) is 0 Å². The molecule has 5 heteroatoms. The SMILES string of the molecule is [B]c1cccc2c1C1(c3cc(C(C)(C)C)ccc3-c3ccc(C(C)(C)CCC4(C)OB(OC(C)C)OC4(C)C)cc31)c1ccccc1-2. The normalized spacial score (nSPS) is 22.5. The van der Waals surface area contributed by atoms with E-state index in [1.54, 1.807) is 0 Å². The summed E-state index contributed by atoms with van der Waals surface area (Å²) < 4.78 is 18.7. The molecule has 1 aliphatic heterocycles. The number of rotatable bonds is 6. The van der Waals surface area contributed by atoms with Gasteiger partial charge in [0.1, 0.15) is 7.85 Å². The van der Waals surface area contributed by atoms with E-state index in [0.29, 0.717) is 0 Å². The zero-order chi connectivity index (χ0) is 33.7. The fraction of sp³-hybridized carbons (Fsp3) is 0.429. The summed E-state index contributed by atoms with van der Waals surface area (Å²) in [5, 5.41) is 0. The summed E-state index contributed by atoms with van der Waals surface area (Å²) in [6, 6.07) is 29.7. The second-order valence-corrected chi connectivity index (χ2v) is 16.7. The molecule has 2 aliphatic carbocycles. The Morgan fingerprint density at radius 1 is 0.723 bits per heavy atom. The molecular formula is C42H48B2O3. The Hall–Kier alpha value is -3.11. The zero-order valence-electron chi connectivity index (χ0n) is 29.9. The van der Waals surface area contributed by atoms with Crippen LogP contribution in [0.1, 0.15) is 115 Å². The predicted molar refractivity (Wildman–Crippen MR) is 196 cm³/mol. The van der Waals surface area contributed by atoms with Gasteiger partial charge in [0, 0.05) is 6.10 Å². The van der Waals surface area contributed by atoms with Crippen LogP contribution >= 0.6 is 0 Å². The van der Waals surface area contributed by atoms with Crippen LogP contribution in [0.25, 0.3) is 22.3 Å². The van der Waals surface area contributed by atoms with Gasteiger partial charge in [-0.2, -0.15) is 0 Å². The highest BCUT2D eigenvalue weighted by Gasteiger charge is 2.56. The molecule has 47 heavy (non-hydrogen) atoms. The Kier molecular flexibility index (Phi) is 7.38. The number of fused-ring (bicyclic) bond motifs is 10. The van der Waals surface area contributed by atoms with Gasteiger partial charge in [0.05, 0.1) is 16.6 Å². The van der Waals surface area contributed by atoms with Crippen LogP contribution in [-0.2, 0) is 30.2 Å². The topological polar surface area (TPSA) is 27.7 Å². The van der Waals surface area contributed by atoms with Crippen LogP contribution in [0.4, 0.5) is 0 Å². The summed E-state index contributed by atoms with van der Waals surface area (Å²) in [5.41, 5.74) is 12.2. The van der Waals surface area contributed by atoms with Gasteiger partial charge in [-0.15, -0.1) is 0 Å². The van der Waals surface area contributed by atoms with Crippen molar-refractivity contribution in [3.05, 3.63) is 112 Å². The van der Waals surface area contributed by atoms with Gasteiger partial charge in [-0.3, -0.25) is 0 Å². The van der Waals surface area contributed by atoms with E-state index in [9.17, 15) is 0 Å². The van der Waals surface area contributed by atoms with Gasteiger partial charge in [0.25, 0.3) is 0 Å². The molecule has 1 spiro atoms. The van der Waals surface area contributed by atoms with Crippen molar-refractivity contribution in [1.29, 1.82) is 0 Å². The van der Waals surface area contributed by atoms with Gasteiger partial charge in [-0.05, 0) is 114 Å². The summed E-state index contributed by atoms with van der Waals surface area (Å²) >= 11 is 0. The molecule has 2 unspecified atom stereocenters. The first-order valence-corrected chi connectivity index (χ1v) is 17.3. The van der Waals surface area contributed by atoms with Crippen molar-refractivity contribution in [3.63, 3.8) is 0 Å². The maximum absolute atomic E-state index is 7.03. The predicted octanol–water partition coefficient (Wildman–Crippen LogP) is 9.17. The molecule has 0 aromatic heterocycles. The Morgan fingerprint density at radius 2 is 1.32 bits per heavy atom. The summed E-state index contributed by atoms with van der Waals surface area (Å²) in [6.07, 6.45) is 1.78. The number of benzene rings is 4. The first-order chi connectivity index (χ1) is 22.0. The van der Waals surface area contributed by atoms with Crippen LogP contribution < -0.4 is 5.46 Å². The summed E-state index contributed by atoms with van der Waals surface area (Å²) in [4.78, 5) is 0. The third-order valence-corrected chi connectivity index (χ3v) is 11.5. The van der Waals surface area contributed by atoms with E-state index in [-0.39, 0.29) is 16.9 Å². The van der Waals surface area contributed by atoms with Crippen molar-refractivity contribution in [2.45, 2.75) is 116 Å². The van der Waals surface area contributed by atoms with Crippen LogP contribution in [0, 0.1) is 0 Å². The third kappa shape index (κ3) is 4.83. The maximum Gasteiger partial charge on any atom is 0.640 e. The van der Waals surface area contributed by atoms with Crippen molar-refractivity contribution >= 4 is 20.6 Å². The molecule has 0 amide bonds. The van der Waals surface area contributed by atoms with Gasteiger partial charge < -0.3 is 14.0 Å². The molecule has 0 bridgehead atoms. The first-order valence-electron chi connectivity index (χ1n) is 17.3. The molecular weight excluding hydrogens is 574 g/mol. The van der Waals surface area contributed by atoms with Gasteiger partial charge in [-0.1, -0.05) is 119 Å². The quantitative estimate of drug-likeness (QED) is 0.174. The molecule has 2 atom stereocenters. The Morgan fingerprint density at radius 3 is 1.98 bits per heavy atom. The van der Waals surface area contributed by atoms with Gasteiger partial charge >= 0.3 is 7.32 Å². The van der Waals surface area contributed by atoms with E-state index in [1.807, 2.05) is 13.8 Å². The fourth-order valence-corrected chi connectivity index (χ4v) is 8.24. The van der Waals surface area contributed by atoms with Gasteiger partial charge in [-0.25, -0.2) is 0 Å². The molecule has 2 radical (unpaired) electrons. The van der Waals surface area contributed by atoms with Gasteiger partial charge in [0.15, 0.2) is 0 Å². The highest BCUT2D eigenvalue weighted by molar-refractivity contribution is 6.37. The van der Waals surface area contributed by atoms with E-state index >= 15 is 0 Å². The molecule has 0 N–H and O–H groups in total. The highest BCUT2D eigenvalue weighted by Crippen LogP contribution is 2.63. The van der Waals surface area contributed by atoms with Crippen LogP contribution in [0.15, 0.2) is 78.9 Å². The van der Waals surface area contributed by atoms with E-state index in [4.69, 9.17) is 21.8 Å². The average Bonchev–Trinajstić information content (AvgIpc) is 3.55. The Bertz CT molecular complexity index is 1880. The minimum Gasteiger partial charge on any atom is -0.384 e. The molecule has 3 aliphatic rings. The fourth-order valence-electron chi connectivity index (χ4n) is 8.24. The number of hydrogen-bond acceptors (Lipinski definition) is 3. The maximum atomic E-state index is 7.03. The van der Waals surface area contributed by atoms with Crippen molar-refractivity contribution in [3.8, 4) is 22.3 Å². The summed E-state index contributed by atoms with van der Waals surface area (Å²) in [7, 11) is 6.38. The second kappa shape index (κ2) is 10.7. The van der Waals surface area contributed by atoms with E-state index in [0.717, 1.165) is 18.3 Å². The van der Waals surface area contributed by atoms with Crippen LogP contribution in [0.2, 0.25) is 0 Å². The minimum atomic E-state index is -0.651. The molecule has 240 valence electrons. The molecule has 1 fully saturated rings. The summed E-state index contributed by atoms with van der Waals surface area (Å²) in [5.74, 6) is 0. The third-order valence-electron chi connectivity index (χ3n) is 11.5. The molecule has 4 aromatic rings. The van der Waals surface area contributed by atoms with Gasteiger partial charge in [0.2, 0.25) is 0 Å². The van der Waals surface area contributed by atoms with Crippen molar-refractivity contribution in [2.24, 2.45) is 0 Å². The lowest BCUT2D eigenvalue weighted by molar-refractivity contribution is -0.0203. The van der Waals surface area contributed by atoms with Crippen LogP contribution in [0.5, 0.6) is 0 Å².